The highest BCUT2D eigenvalue weighted by Crippen LogP contribution is 2.43. The molecule has 0 saturated carbocycles. The number of urea groups is 1. The van der Waals surface area contributed by atoms with E-state index < -0.39 is 0 Å². The highest BCUT2D eigenvalue weighted by molar-refractivity contribution is 7.99. The van der Waals surface area contributed by atoms with Crippen molar-refractivity contribution in [2.75, 3.05) is 38.9 Å². The maximum absolute atomic E-state index is 12.9. The lowest BCUT2D eigenvalue weighted by atomic mass is 10.1. The summed E-state index contributed by atoms with van der Waals surface area (Å²) in [6, 6.07) is 12.9. The van der Waals surface area contributed by atoms with Crippen LogP contribution in [0.1, 0.15) is 10.9 Å². The van der Waals surface area contributed by atoms with Gasteiger partial charge in [0.1, 0.15) is 22.6 Å². The fraction of sp³-hybridized carbons (Fsp3) is 0.316. The van der Waals surface area contributed by atoms with Gasteiger partial charge in [-0.25, -0.2) is 4.79 Å². The molecule has 0 bridgehead atoms. The van der Waals surface area contributed by atoms with E-state index >= 15 is 0 Å². The molecule has 2 aromatic rings. The van der Waals surface area contributed by atoms with Gasteiger partial charge in [-0.2, -0.15) is 0 Å². The molecule has 0 aromatic heterocycles. The van der Waals surface area contributed by atoms with E-state index in [4.69, 9.17) is 14.2 Å². The molecule has 0 spiro atoms. The number of hydrogen-bond donors (Lipinski definition) is 1. The van der Waals surface area contributed by atoms with Crippen molar-refractivity contribution >= 4 is 23.5 Å². The van der Waals surface area contributed by atoms with Crippen molar-refractivity contribution in [2.45, 2.75) is 5.37 Å². The SMILES string of the molecule is COc1ccc(C2SCCN2C(=O)Nc2ccccc2OC)c(OC)c1. The number of methoxy groups -OCH3 is 3. The van der Waals surface area contributed by atoms with E-state index in [0.717, 1.165) is 17.1 Å². The van der Waals surface area contributed by atoms with Gasteiger partial charge in [-0.1, -0.05) is 12.1 Å². The molecule has 2 aromatic carbocycles. The molecule has 1 aliphatic heterocycles. The number of thioether (sulfide) groups is 1. The number of ether oxygens (including phenoxy) is 3. The monoisotopic (exact) mass is 374 g/mol. The summed E-state index contributed by atoms with van der Waals surface area (Å²) in [7, 11) is 4.82. The quantitative estimate of drug-likeness (QED) is 0.857. The van der Waals surface area contributed by atoms with Crippen molar-refractivity contribution in [3.05, 3.63) is 48.0 Å². The number of hydrogen-bond acceptors (Lipinski definition) is 5. The Morgan fingerprint density at radius 2 is 1.85 bits per heavy atom. The minimum atomic E-state index is -0.164. The first-order valence-electron chi connectivity index (χ1n) is 8.22. The molecule has 0 aliphatic carbocycles. The molecule has 3 rings (SSSR count). The van der Waals surface area contributed by atoms with E-state index in [1.165, 1.54) is 0 Å². The molecule has 1 N–H and O–H groups in total. The van der Waals surface area contributed by atoms with Crippen LogP contribution in [-0.2, 0) is 0 Å². The molecule has 138 valence electrons. The number of benzene rings is 2. The fourth-order valence-corrected chi connectivity index (χ4v) is 4.17. The Balaban J connectivity index is 1.83. The van der Waals surface area contributed by atoms with Crippen LogP contribution in [0.3, 0.4) is 0 Å². The average Bonchev–Trinajstić information content (AvgIpc) is 3.17. The van der Waals surface area contributed by atoms with Gasteiger partial charge in [-0.3, -0.25) is 0 Å². The molecule has 1 unspecified atom stereocenters. The minimum Gasteiger partial charge on any atom is -0.497 e. The van der Waals surface area contributed by atoms with Crippen LogP contribution in [0.2, 0.25) is 0 Å². The van der Waals surface area contributed by atoms with Crippen LogP contribution in [0.5, 0.6) is 17.2 Å². The van der Waals surface area contributed by atoms with Crippen LogP contribution in [0, 0.1) is 0 Å². The maximum Gasteiger partial charge on any atom is 0.323 e. The molecular formula is C19H22N2O4S. The van der Waals surface area contributed by atoms with Gasteiger partial charge in [0.15, 0.2) is 0 Å². The zero-order valence-corrected chi connectivity index (χ0v) is 15.8. The highest BCUT2D eigenvalue weighted by atomic mass is 32.2. The van der Waals surface area contributed by atoms with Crippen molar-refractivity contribution < 1.29 is 19.0 Å². The predicted octanol–water partition coefficient (Wildman–Crippen LogP) is 3.99. The summed E-state index contributed by atoms with van der Waals surface area (Å²) in [5.74, 6) is 2.92. The van der Waals surface area contributed by atoms with Crippen LogP contribution in [0.25, 0.3) is 0 Å². The Hall–Kier alpha value is -2.54. The average molecular weight is 374 g/mol. The van der Waals surface area contributed by atoms with E-state index in [1.807, 2.05) is 42.5 Å². The van der Waals surface area contributed by atoms with E-state index in [-0.39, 0.29) is 11.4 Å². The lowest BCUT2D eigenvalue weighted by Gasteiger charge is -2.26. The molecule has 6 nitrogen and oxygen atoms in total. The Labute approximate surface area is 157 Å². The molecule has 1 atom stereocenters. The molecule has 7 heteroatoms. The lowest BCUT2D eigenvalue weighted by Crippen LogP contribution is -2.34. The zero-order valence-electron chi connectivity index (χ0n) is 15.0. The molecule has 1 heterocycles. The summed E-state index contributed by atoms with van der Waals surface area (Å²) in [5.41, 5.74) is 1.60. The van der Waals surface area contributed by atoms with Gasteiger partial charge in [0.2, 0.25) is 0 Å². The topological polar surface area (TPSA) is 60.0 Å². The minimum absolute atomic E-state index is 0.120. The molecule has 26 heavy (non-hydrogen) atoms. The second kappa shape index (κ2) is 8.23. The lowest BCUT2D eigenvalue weighted by molar-refractivity contribution is 0.213. The fourth-order valence-electron chi connectivity index (χ4n) is 2.89. The van der Waals surface area contributed by atoms with Gasteiger partial charge >= 0.3 is 6.03 Å². The number of carbonyl (C=O) groups excluding carboxylic acids is 1. The number of nitrogens with one attached hydrogen (secondary N) is 1. The number of nitrogens with zero attached hydrogens (tertiary/aromatic N) is 1. The molecule has 2 amide bonds. The molecule has 1 fully saturated rings. The number of amides is 2. The van der Waals surface area contributed by atoms with Crippen molar-refractivity contribution in [2.24, 2.45) is 0 Å². The molecule has 1 aliphatic rings. The largest absolute Gasteiger partial charge is 0.497 e. The van der Waals surface area contributed by atoms with E-state index in [9.17, 15) is 4.79 Å². The summed E-state index contributed by atoms with van der Waals surface area (Å²) in [5, 5.41) is 2.83. The van der Waals surface area contributed by atoms with Gasteiger partial charge in [0.05, 0.1) is 27.0 Å². The second-order valence-corrected chi connectivity index (χ2v) is 6.84. The van der Waals surface area contributed by atoms with Crippen molar-refractivity contribution in [3.63, 3.8) is 0 Å². The summed E-state index contributed by atoms with van der Waals surface area (Å²) in [6.45, 7) is 0.658. The first-order valence-corrected chi connectivity index (χ1v) is 9.27. The first kappa shape index (κ1) is 18.3. The van der Waals surface area contributed by atoms with Crippen molar-refractivity contribution in [3.8, 4) is 17.2 Å². The normalized spacial score (nSPS) is 16.3. The standard InChI is InChI=1S/C19H22N2O4S/c1-23-13-8-9-14(17(12-13)25-3)18-21(10-11-26-18)19(22)20-15-6-4-5-7-16(15)24-2/h4-9,12,18H,10-11H2,1-3H3,(H,20,22). The second-order valence-electron chi connectivity index (χ2n) is 5.65. The van der Waals surface area contributed by atoms with Crippen LogP contribution < -0.4 is 19.5 Å². The van der Waals surface area contributed by atoms with Crippen LogP contribution >= 0.6 is 11.8 Å². The van der Waals surface area contributed by atoms with E-state index in [2.05, 4.69) is 5.32 Å². The molecule has 0 radical (unpaired) electrons. The zero-order chi connectivity index (χ0) is 18.5. The van der Waals surface area contributed by atoms with Crippen LogP contribution in [0.4, 0.5) is 10.5 Å². The van der Waals surface area contributed by atoms with Gasteiger partial charge in [0, 0.05) is 23.9 Å². The van der Waals surface area contributed by atoms with Crippen LogP contribution in [0.15, 0.2) is 42.5 Å². The predicted molar refractivity (Wildman–Crippen MR) is 103 cm³/mol. The van der Waals surface area contributed by atoms with Crippen molar-refractivity contribution in [1.29, 1.82) is 0 Å². The van der Waals surface area contributed by atoms with Crippen LogP contribution in [-0.4, -0.2) is 44.6 Å². The number of anilines is 1. The van der Waals surface area contributed by atoms with Gasteiger partial charge in [-0.15, -0.1) is 11.8 Å². The van der Waals surface area contributed by atoms with Gasteiger partial charge in [-0.05, 0) is 24.3 Å². The number of rotatable bonds is 5. The van der Waals surface area contributed by atoms with Gasteiger partial charge in [0.25, 0.3) is 0 Å². The Morgan fingerprint density at radius 1 is 1.08 bits per heavy atom. The van der Waals surface area contributed by atoms with E-state index in [0.29, 0.717) is 23.7 Å². The summed E-state index contributed by atoms with van der Waals surface area (Å²) < 4.78 is 16.1. The Bertz CT molecular complexity index is 784. The number of carbonyl (C=O) groups is 1. The summed E-state index contributed by atoms with van der Waals surface area (Å²) >= 11 is 1.71. The Kier molecular flexibility index (Phi) is 5.78. The Morgan fingerprint density at radius 3 is 2.58 bits per heavy atom. The first-order chi connectivity index (χ1) is 12.7. The number of para-hydroxylation sites is 2. The molecular weight excluding hydrogens is 352 g/mol. The third kappa shape index (κ3) is 3.67. The third-order valence-corrected chi connectivity index (χ3v) is 5.45. The molecule has 1 saturated heterocycles. The smallest absolute Gasteiger partial charge is 0.323 e. The van der Waals surface area contributed by atoms with E-state index in [1.54, 1.807) is 38.0 Å². The van der Waals surface area contributed by atoms with Crippen molar-refractivity contribution in [1.82, 2.24) is 4.90 Å². The maximum atomic E-state index is 12.9. The highest BCUT2D eigenvalue weighted by Gasteiger charge is 2.33. The van der Waals surface area contributed by atoms with Gasteiger partial charge < -0.3 is 24.4 Å². The summed E-state index contributed by atoms with van der Waals surface area (Å²) in [6.07, 6.45) is 0. The third-order valence-electron chi connectivity index (χ3n) is 4.21. The summed E-state index contributed by atoms with van der Waals surface area (Å²) in [4.78, 5) is 14.7.